The molecular formula is C27H34F3N3O. The monoisotopic (exact) mass is 473 g/mol. The highest BCUT2D eigenvalue weighted by Crippen LogP contribution is 2.46. The molecule has 0 spiro atoms. The number of hydrogen-bond acceptors (Lipinski definition) is 3. The number of fused-ring (bicyclic) bond motifs is 1. The Morgan fingerprint density at radius 1 is 1.15 bits per heavy atom. The fourth-order valence-corrected chi connectivity index (χ4v) is 5.64. The van der Waals surface area contributed by atoms with Crippen LogP contribution in [0, 0.1) is 11.3 Å². The second-order valence-corrected chi connectivity index (χ2v) is 10.5. The zero-order chi connectivity index (χ0) is 24.7. The van der Waals surface area contributed by atoms with Crippen LogP contribution in [0.25, 0.3) is 11.0 Å². The van der Waals surface area contributed by atoms with Crippen LogP contribution in [0.4, 0.5) is 24.8 Å². The first-order valence-corrected chi connectivity index (χ1v) is 12.0. The van der Waals surface area contributed by atoms with Crippen molar-refractivity contribution in [3.63, 3.8) is 0 Å². The minimum atomic E-state index is -4.36. The predicted molar refractivity (Wildman–Crippen MR) is 131 cm³/mol. The van der Waals surface area contributed by atoms with E-state index >= 15 is 0 Å². The summed E-state index contributed by atoms with van der Waals surface area (Å²) in [6, 6.07) is 9.50. The fraction of sp³-hybridized carbons (Fsp3) is 0.519. The lowest BCUT2D eigenvalue weighted by Crippen LogP contribution is -2.29. The van der Waals surface area contributed by atoms with Crippen LogP contribution in [0.3, 0.4) is 0 Å². The van der Waals surface area contributed by atoms with Crippen LogP contribution in [0.1, 0.15) is 70.5 Å². The zero-order valence-corrected chi connectivity index (χ0v) is 20.6. The fourth-order valence-electron chi connectivity index (χ4n) is 5.64. The molecule has 2 aromatic carbocycles. The van der Waals surface area contributed by atoms with Gasteiger partial charge in [-0.15, -0.1) is 0 Å². The largest absolute Gasteiger partial charge is 0.496 e. The molecule has 184 valence electrons. The molecule has 3 aromatic rings. The Morgan fingerprint density at radius 2 is 1.85 bits per heavy atom. The lowest BCUT2D eigenvalue weighted by Gasteiger charge is -2.40. The quantitative estimate of drug-likeness (QED) is 0.393. The summed E-state index contributed by atoms with van der Waals surface area (Å²) in [5, 5.41) is 3.31. The van der Waals surface area contributed by atoms with Crippen molar-refractivity contribution in [3.8, 4) is 5.75 Å². The molecule has 1 aliphatic rings. The summed E-state index contributed by atoms with van der Waals surface area (Å²) in [4.78, 5) is 4.92. The minimum Gasteiger partial charge on any atom is -0.496 e. The second-order valence-electron chi connectivity index (χ2n) is 10.5. The maximum atomic E-state index is 13.0. The van der Waals surface area contributed by atoms with E-state index < -0.39 is 11.7 Å². The molecule has 1 N–H and O–H groups in total. The van der Waals surface area contributed by atoms with E-state index in [9.17, 15) is 13.2 Å². The number of nitrogens with zero attached hydrogens (tertiary/aromatic N) is 2. The van der Waals surface area contributed by atoms with E-state index in [1.165, 1.54) is 18.6 Å². The highest BCUT2D eigenvalue weighted by molar-refractivity contribution is 5.83. The molecule has 7 heteroatoms. The third-order valence-corrected chi connectivity index (χ3v) is 6.81. The van der Waals surface area contributed by atoms with Crippen LogP contribution < -0.4 is 10.1 Å². The van der Waals surface area contributed by atoms with Gasteiger partial charge in [0.15, 0.2) is 0 Å². The maximum Gasteiger partial charge on any atom is 0.416 e. The summed E-state index contributed by atoms with van der Waals surface area (Å²) in [6.45, 7) is 9.02. The number of benzene rings is 2. The van der Waals surface area contributed by atoms with Gasteiger partial charge in [0.25, 0.3) is 0 Å². The number of aryl methyl sites for hydroxylation is 1. The Labute approximate surface area is 199 Å². The molecule has 0 radical (unpaired) electrons. The average Bonchev–Trinajstić information content (AvgIpc) is 3.08. The number of nitrogens with one attached hydrogen (secondary N) is 1. The van der Waals surface area contributed by atoms with Crippen LogP contribution in [0.15, 0.2) is 36.4 Å². The molecule has 0 unspecified atom stereocenters. The van der Waals surface area contributed by atoms with Crippen molar-refractivity contribution < 1.29 is 17.9 Å². The van der Waals surface area contributed by atoms with E-state index in [1.807, 2.05) is 0 Å². The molecule has 1 fully saturated rings. The number of imidazole rings is 1. The van der Waals surface area contributed by atoms with Crippen molar-refractivity contribution in [1.29, 1.82) is 0 Å². The summed E-state index contributed by atoms with van der Waals surface area (Å²) >= 11 is 0. The molecule has 0 saturated heterocycles. The highest BCUT2D eigenvalue weighted by atomic mass is 19.4. The molecule has 1 heterocycles. The molecule has 0 bridgehead atoms. The Bertz CT molecular complexity index is 1150. The van der Waals surface area contributed by atoms with Crippen LogP contribution in [-0.4, -0.2) is 16.7 Å². The Morgan fingerprint density at radius 3 is 2.44 bits per heavy atom. The number of anilines is 2. The van der Waals surface area contributed by atoms with Gasteiger partial charge >= 0.3 is 6.18 Å². The van der Waals surface area contributed by atoms with E-state index in [1.54, 1.807) is 7.11 Å². The molecule has 1 saturated carbocycles. The molecule has 34 heavy (non-hydrogen) atoms. The van der Waals surface area contributed by atoms with Crippen LogP contribution in [0.5, 0.6) is 5.75 Å². The third-order valence-electron chi connectivity index (χ3n) is 6.81. The van der Waals surface area contributed by atoms with Gasteiger partial charge in [0.1, 0.15) is 5.75 Å². The second kappa shape index (κ2) is 9.16. The molecule has 1 aliphatic carbocycles. The Kier molecular flexibility index (Phi) is 6.58. The molecule has 0 aliphatic heterocycles. The zero-order valence-electron chi connectivity index (χ0n) is 20.6. The standard InChI is InChI=1S/C27H34F3N3O/c1-6-7-18-13-22-23(14-24(18)34-5)33(21-12-17(2)15-26(3,4)16-21)25(32-22)31-20-10-8-19(9-11-20)27(28,29)30/h8-11,13-14,17,21H,6-7,12,15-16H2,1-5H3,(H,31,32)/t17-,21+/m1/s1. The number of alkyl halides is 3. The number of rotatable bonds is 6. The van der Waals surface area contributed by atoms with E-state index in [4.69, 9.17) is 9.72 Å². The van der Waals surface area contributed by atoms with Gasteiger partial charge in [-0.1, -0.05) is 34.1 Å². The van der Waals surface area contributed by atoms with Crippen molar-refractivity contribution in [2.45, 2.75) is 72.0 Å². The van der Waals surface area contributed by atoms with Gasteiger partial charge in [-0.3, -0.25) is 0 Å². The van der Waals surface area contributed by atoms with Crippen molar-refractivity contribution in [3.05, 3.63) is 47.5 Å². The topological polar surface area (TPSA) is 39.1 Å². The Balaban J connectivity index is 1.81. The van der Waals surface area contributed by atoms with Gasteiger partial charge in [0.05, 0.1) is 23.7 Å². The van der Waals surface area contributed by atoms with Crippen molar-refractivity contribution in [1.82, 2.24) is 9.55 Å². The smallest absolute Gasteiger partial charge is 0.416 e. The third kappa shape index (κ3) is 5.03. The van der Waals surface area contributed by atoms with Gasteiger partial charge in [0.2, 0.25) is 5.95 Å². The number of ether oxygens (including phenoxy) is 1. The number of hydrogen-bond donors (Lipinski definition) is 1. The average molecular weight is 474 g/mol. The van der Waals surface area contributed by atoms with E-state index in [2.05, 4.69) is 49.7 Å². The molecule has 4 rings (SSSR count). The summed E-state index contributed by atoms with van der Waals surface area (Å²) in [5.41, 5.74) is 3.07. The van der Waals surface area contributed by atoms with E-state index in [0.717, 1.165) is 60.2 Å². The maximum absolute atomic E-state index is 13.0. The lowest BCUT2D eigenvalue weighted by atomic mass is 9.70. The normalized spacial score (nSPS) is 20.5. The minimum absolute atomic E-state index is 0.191. The first-order chi connectivity index (χ1) is 16.0. The number of methoxy groups -OCH3 is 1. The van der Waals surface area contributed by atoms with Crippen molar-refractivity contribution >= 4 is 22.7 Å². The lowest BCUT2D eigenvalue weighted by molar-refractivity contribution is -0.137. The van der Waals surface area contributed by atoms with Crippen molar-refractivity contribution in [2.24, 2.45) is 11.3 Å². The van der Waals surface area contributed by atoms with Gasteiger partial charge in [0, 0.05) is 17.8 Å². The molecule has 2 atom stereocenters. The number of halogens is 3. The van der Waals surface area contributed by atoms with Gasteiger partial charge in [-0.2, -0.15) is 13.2 Å². The van der Waals surface area contributed by atoms with Crippen LogP contribution in [0.2, 0.25) is 0 Å². The highest BCUT2D eigenvalue weighted by Gasteiger charge is 2.35. The first-order valence-electron chi connectivity index (χ1n) is 12.0. The van der Waals surface area contributed by atoms with Crippen LogP contribution in [-0.2, 0) is 12.6 Å². The predicted octanol–water partition coefficient (Wildman–Crippen LogP) is 8.15. The summed E-state index contributed by atoms with van der Waals surface area (Å²) in [7, 11) is 1.69. The molecular weight excluding hydrogens is 439 g/mol. The number of aromatic nitrogens is 2. The summed E-state index contributed by atoms with van der Waals surface area (Å²) in [5.74, 6) is 2.06. The van der Waals surface area contributed by atoms with Gasteiger partial charge < -0.3 is 14.6 Å². The van der Waals surface area contributed by atoms with Crippen LogP contribution >= 0.6 is 0 Å². The summed E-state index contributed by atoms with van der Waals surface area (Å²) < 4.78 is 47.0. The SMILES string of the molecule is CCCc1cc2nc(Nc3ccc(C(F)(F)F)cc3)n([C@H]3C[C@@H](C)CC(C)(C)C3)c2cc1OC. The molecule has 4 nitrogen and oxygen atoms in total. The first kappa shape index (κ1) is 24.4. The molecule has 0 amide bonds. The Hall–Kier alpha value is -2.70. The molecule has 1 aromatic heterocycles. The van der Waals surface area contributed by atoms with Gasteiger partial charge in [-0.05, 0) is 72.9 Å². The summed E-state index contributed by atoms with van der Waals surface area (Å²) in [6.07, 6.45) is 0.720. The van der Waals surface area contributed by atoms with E-state index in [0.29, 0.717) is 17.6 Å². The van der Waals surface area contributed by atoms with Gasteiger partial charge in [-0.25, -0.2) is 4.98 Å². The van der Waals surface area contributed by atoms with Crippen molar-refractivity contribution in [2.75, 3.05) is 12.4 Å². The van der Waals surface area contributed by atoms with E-state index in [-0.39, 0.29) is 11.5 Å².